The normalized spacial score (nSPS) is 25.8. The summed E-state index contributed by atoms with van der Waals surface area (Å²) in [6.45, 7) is 13.6. The molecule has 0 unspecified atom stereocenters. The summed E-state index contributed by atoms with van der Waals surface area (Å²) in [6, 6.07) is 10.1. The SMILES string of the molecule is C[C@H](OCc1ccccc1)[C@@H]1O[C@H](C=O)C[C@H]1O[Si](C)(C)C(C)(C)C. The smallest absolute Gasteiger partial charge is 0.192 e. The fourth-order valence-electron chi connectivity index (χ4n) is 2.78. The van der Waals surface area contributed by atoms with Crippen LogP contribution in [0.25, 0.3) is 0 Å². The molecule has 2 rings (SSSR count). The molecule has 5 heteroatoms. The molecule has 0 saturated carbocycles. The summed E-state index contributed by atoms with van der Waals surface area (Å²) in [5.41, 5.74) is 1.13. The van der Waals surface area contributed by atoms with Crippen LogP contribution in [0.1, 0.15) is 39.7 Å². The van der Waals surface area contributed by atoms with Crippen molar-refractivity contribution in [1.82, 2.24) is 0 Å². The molecule has 1 aromatic carbocycles. The average molecular weight is 365 g/mol. The van der Waals surface area contributed by atoms with E-state index >= 15 is 0 Å². The lowest BCUT2D eigenvalue weighted by Crippen LogP contribution is -2.48. The minimum atomic E-state index is -1.94. The van der Waals surface area contributed by atoms with Gasteiger partial charge in [-0.2, -0.15) is 0 Å². The van der Waals surface area contributed by atoms with E-state index < -0.39 is 14.4 Å². The summed E-state index contributed by atoms with van der Waals surface area (Å²) in [6.07, 6.45) is 0.642. The standard InChI is InChI=1S/C20H32O4Si/c1-15(22-14-16-10-8-7-9-11-16)19-18(12-17(13-21)23-19)24-25(5,6)20(2,3)4/h7-11,13,15,17-19H,12,14H2,1-6H3/t15-,17-,18+,19-/m0/s1. The second kappa shape index (κ2) is 8.12. The Morgan fingerprint density at radius 2 is 1.92 bits per heavy atom. The number of hydrogen-bond donors (Lipinski definition) is 0. The lowest BCUT2D eigenvalue weighted by atomic mass is 10.1. The summed E-state index contributed by atoms with van der Waals surface area (Å²) in [4.78, 5) is 11.3. The summed E-state index contributed by atoms with van der Waals surface area (Å²) in [5, 5.41) is 0.116. The first kappa shape index (κ1) is 20.3. The molecule has 1 saturated heterocycles. The molecule has 1 aromatic rings. The van der Waals surface area contributed by atoms with Crippen LogP contribution >= 0.6 is 0 Å². The van der Waals surface area contributed by atoms with Crippen LogP contribution in [0.15, 0.2) is 30.3 Å². The highest BCUT2D eigenvalue weighted by Gasteiger charge is 2.46. The third-order valence-electron chi connectivity index (χ3n) is 5.39. The average Bonchev–Trinajstić information content (AvgIpc) is 2.95. The van der Waals surface area contributed by atoms with Gasteiger partial charge in [0.1, 0.15) is 18.5 Å². The van der Waals surface area contributed by atoms with Gasteiger partial charge in [-0.15, -0.1) is 0 Å². The molecule has 1 aliphatic rings. The van der Waals surface area contributed by atoms with Gasteiger partial charge in [0.2, 0.25) is 0 Å². The molecule has 1 heterocycles. The van der Waals surface area contributed by atoms with E-state index in [-0.39, 0.29) is 23.4 Å². The van der Waals surface area contributed by atoms with Gasteiger partial charge in [-0.3, -0.25) is 0 Å². The Morgan fingerprint density at radius 3 is 2.48 bits per heavy atom. The van der Waals surface area contributed by atoms with Gasteiger partial charge in [0.15, 0.2) is 8.32 Å². The van der Waals surface area contributed by atoms with Gasteiger partial charge in [-0.25, -0.2) is 0 Å². The van der Waals surface area contributed by atoms with Gasteiger partial charge < -0.3 is 18.7 Å². The molecule has 25 heavy (non-hydrogen) atoms. The Bertz CT molecular complexity index is 553. The zero-order chi connectivity index (χ0) is 18.7. The van der Waals surface area contributed by atoms with Gasteiger partial charge in [0.05, 0.1) is 18.8 Å². The Morgan fingerprint density at radius 1 is 1.28 bits per heavy atom. The van der Waals surface area contributed by atoms with E-state index in [1.165, 1.54) is 0 Å². The monoisotopic (exact) mass is 364 g/mol. The Labute approximate surface area is 153 Å². The van der Waals surface area contributed by atoms with E-state index in [4.69, 9.17) is 13.9 Å². The van der Waals surface area contributed by atoms with Crippen molar-refractivity contribution in [2.24, 2.45) is 0 Å². The maximum Gasteiger partial charge on any atom is 0.192 e. The minimum absolute atomic E-state index is 0.0955. The predicted octanol–water partition coefficient (Wildman–Crippen LogP) is 4.34. The van der Waals surface area contributed by atoms with Crippen molar-refractivity contribution in [3.05, 3.63) is 35.9 Å². The molecule has 0 aromatic heterocycles. The van der Waals surface area contributed by atoms with Crippen molar-refractivity contribution in [1.29, 1.82) is 0 Å². The van der Waals surface area contributed by atoms with Gasteiger partial charge >= 0.3 is 0 Å². The molecule has 1 aliphatic heterocycles. The second-order valence-corrected chi connectivity index (χ2v) is 13.2. The van der Waals surface area contributed by atoms with Crippen LogP contribution in [0.2, 0.25) is 18.1 Å². The number of ether oxygens (including phenoxy) is 2. The molecule has 0 N–H and O–H groups in total. The van der Waals surface area contributed by atoms with Crippen LogP contribution in [-0.4, -0.2) is 39.0 Å². The van der Waals surface area contributed by atoms with Crippen LogP contribution in [0.5, 0.6) is 0 Å². The largest absolute Gasteiger partial charge is 0.411 e. The van der Waals surface area contributed by atoms with Crippen LogP contribution in [0.3, 0.4) is 0 Å². The van der Waals surface area contributed by atoms with Crippen molar-refractivity contribution in [3.8, 4) is 0 Å². The Hall–Kier alpha value is -1.01. The second-order valence-electron chi connectivity index (χ2n) is 8.43. The number of rotatable bonds is 7. The summed E-state index contributed by atoms with van der Waals surface area (Å²) >= 11 is 0. The number of aldehydes is 1. The lowest BCUT2D eigenvalue weighted by Gasteiger charge is -2.40. The maximum absolute atomic E-state index is 11.3. The number of benzene rings is 1. The van der Waals surface area contributed by atoms with Crippen LogP contribution in [-0.2, 0) is 25.3 Å². The first-order valence-electron chi connectivity index (χ1n) is 9.08. The molecule has 0 radical (unpaired) electrons. The third kappa shape index (κ3) is 5.23. The van der Waals surface area contributed by atoms with Crippen molar-refractivity contribution >= 4 is 14.6 Å². The molecular weight excluding hydrogens is 332 g/mol. The molecule has 0 spiro atoms. The highest BCUT2D eigenvalue weighted by molar-refractivity contribution is 6.74. The highest BCUT2D eigenvalue weighted by atomic mass is 28.4. The molecule has 1 fully saturated rings. The third-order valence-corrected chi connectivity index (χ3v) is 9.89. The highest BCUT2D eigenvalue weighted by Crippen LogP contribution is 2.40. The molecule has 0 aliphatic carbocycles. The van der Waals surface area contributed by atoms with E-state index in [0.29, 0.717) is 13.0 Å². The zero-order valence-corrected chi connectivity index (χ0v) is 17.3. The number of hydrogen-bond acceptors (Lipinski definition) is 4. The fraction of sp³-hybridized carbons (Fsp3) is 0.650. The molecule has 140 valence electrons. The van der Waals surface area contributed by atoms with Crippen LogP contribution < -0.4 is 0 Å². The van der Waals surface area contributed by atoms with Crippen LogP contribution in [0, 0.1) is 0 Å². The van der Waals surface area contributed by atoms with E-state index in [1.807, 2.05) is 37.3 Å². The van der Waals surface area contributed by atoms with Crippen molar-refractivity contribution in [2.45, 2.75) is 83.3 Å². The van der Waals surface area contributed by atoms with Gasteiger partial charge in [0, 0.05) is 6.42 Å². The van der Waals surface area contributed by atoms with E-state index in [0.717, 1.165) is 11.8 Å². The molecule has 0 amide bonds. The number of carbonyl (C=O) groups is 1. The first-order valence-corrected chi connectivity index (χ1v) is 12.0. The number of carbonyl (C=O) groups excluding carboxylic acids is 1. The van der Waals surface area contributed by atoms with Crippen LogP contribution in [0.4, 0.5) is 0 Å². The predicted molar refractivity (Wildman–Crippen MR) is 102 cm³/mol. The van der Waals surface area contributed by atoms with Gasteiger partial charge in [-0.1, -0.05) is 51.1 Å². The van der Waals surface area contributed by atoms with Gasteiger partial charge in [-0.05, 0) is 30.6 Å². The Balaban J connectivity index is 2.03. The molecule has 4 nitrogen and oxygen atoms in total. The Kier molecular flexibility index (Phi) is 6.60. The molecule has 4 atom stereocenters. The minimum Gasteiger partial charge on any atom is -0.411 e. The summed E-state index contributed by atoms with van der Waals surface area (Å²) < 4.78 is 18.5. The summed E-state index contributed by atoms with van der Waals surface area (Å²) in [7, 11) is -1.94. The van der Waals surface area contributed by atoms with Crippen molar-refractivity contribution < 1.29 is 18.7 Å². The first-order chi connectivity index (χ1) is 11.6. The van der Waals surface area contributed by atoms with Gasteiger partial charge in [0.25, 0.3) is 0 Å². The quantitative estimate of drug-likeness (QED) is 0.533. The topological polar surface area (TPSA) is 44.8 Å². The fourth-order valence-corrected chi connectivity index (χ4v) is 4.12. The lowest BCUT2D eigenvalue weighted by molar-refractivity contribution is -0.124. The summed E-state index contributed by atoms with van der Waals surface area (Å²) in [5.74, 6) is 0. The maximum atomic E-state index is 11.3. The van der Waals surface area contributed by atoms with E-state index in [1.54, 1.807) is 0 Å². The van der Waals surface area contributed by atoms with E-state index in [9.17, 15) is 4.79 Å². The van der Waals surface area contributed by atoms with Crippen molar-refractivity contribution in [2.75, 3.05) is 0 Å². The van der Waals surface area contributed by atoms with E-state index in [2.05, 4.69) is 33.9 Å². The molecule has 0 bridgehead atoms. The van der Waals surface area contributed by atoms with Crippen molar-refractivity contribution in [3.63, 3.8) is 0 Å². The molecular formula is C20H32O4Si. The zero-order valence-electron chi connectivity index (χ0n) is 16.3.